The quantitative estimate of drug-likeness (QED) is 0.591. The van der Waals surface area contributed by atoms with Gasteiger partial charge in [-0.15, -0.1) is 5.10 Å². The maximum atomic E-state index is 13.6. The summed E-state index contributed by atoms with van der Waals surface area (Å²) in [6.07, 6.45) is 0.242. The predicted octanol–water partition coefficient (Wildman–Crippen LogP) is 1.97. The molecule has 8 nitrogen and oxygen atoms in total. The zero-order valence-electron chi connectivity index (χ0n) is 16.8. The molecule has 2 N–H and O–H groups in total. The fourth-order valence-corrected chi connectivity index (χ4v) is 3.05. The second kappa shape index (κ2) is 9.73. The van der Waals surface area contributed by atoms with Crippen LogP contribution in [0.4, 0.5) is 4.39 Å². The molecule has 0 aliphatic heterocycles. The minimum absolute atomic E-state index is 0.141. The molecule has 0 aliphatic carbocycles. The van der Waals surface area contributed by atoms with E-state index in [1.54, 1.807) is 43.3 Å². The Labute approximate surface area is 173 Å². The summed E-state index contributed by atoms with van der Waals surface area (Å²) in [5.74, 6) is -0.315. The van der Waals surface area contributed by atoms with Crippen LogP contribution in [0.5, 0.6) is 0 Å². The first-order chi connectivity index (χ1) is 14.5. The molecule has 156 valence electrons. The Morgan fingerprint density at radius 2 is 1.87 bits per heavy atom. The standard InChI is InChI=1S/C21H23FN6O2/c1-3-23-20(29)17-9-7-15(8-10-17)13-24-21(30)19(28-14(2)25-26-27-28)12-16-5-4-6-18(22)11-16/h4-11,19H,3,12-13H2,1-2H3,(H,23,29)(H,24,30). The van der Waals surface area contributed by atoms with Crippen LogP contribution < -0.4 is 10.6 Å². The normalized spacial score (nSPS) is 11.7. The Hall–Kier alpha value is -3.62. The van der Waals surface area contributed by atoms with Crippen LogP contribution in [0.25, 0.3) is 0 Å². The van der Waals surface area contributed by atoms with Gasteiger partial charge in [-0.1, -0.05) is 24.3 Å². The van der Waals surface area contributed by atoms with Gasteiger partial charge in [0, 0.05) is 25.1 Å². The lowest BCUT2D eigenvalue weighted by atomic mass is 10.0. The summed E-state index contributed by atoms with van der Waals surface area (Å²) in [4.78, 5) is 24.8. The molecule has 0 radical (unpaired) electrons. The van der Waals surface area contributed by atoms with Gasteiger partial charge in [0.15, 0.2) is 0 Å². The minimum atomic E-state index is -0.726. The molecule has 2 aromatic carbocycles. The van der Waals surface area contributed by atoms with E-state index in [0.29, 0.717) is 23.5 Å². The van der Waals surface area contributed by atoms with Crippen molar-refractivity contribution in [2.24, 2.45) is 0 Å². The molecule has 1 heterocycles. The van der Waals surface area contributed by atoms with Crippen molar-refractivity contribution >= 4 is 11.8 Å². The average Bonchev–Trinajstić information content (AvgIpc) is 3.16. The molecule has 1 atom stereocenters. The number of amides is 2. The molecule has 2 amide bonds. The second-order valence-corrected chi connectivity index (χ2v) is 6.79. The Bertz CT molecular complexity index is 1020. The number of hydrogen-bond donors (Lipinski definition) is 2. The van der Waals surface area contributed by atoms with Crippen molar-refractivity contribution in [3.63, 3.8) is 0 Å². The molecule has 0 fully saturated rings. The van der Waals surface area contributed by atoms with Gasteiger partial charge in [-0.3, -0.25) is 9.59 Å². The maximum absolute atomic E-state index is 13.6. The van der Waals surface area contributed by atoms with Gasteiger partial charge in [0.05, 0.1) is 0 Å². The van der Waals surface area contributed by atoms with Crippen LogP contribution in [-0.2, 0) is 17.8 Å². The van der Waals surface area contributed by atoms with Crippen molar-refractivity contribution in [3.05, 3.63) is 76.9 Å². The predicted molar refractivity (Wildman–Crippen MR) is 108 cm³/mol. The number of hydrogen-bond acceptors (Lipinski definition) is 5. The molecule has 0 saturated heterocycles. The van der Waals surface area contributed by atoms with Crippen LogP contribution in [0.3, 0.4) is 0 Å². The summed E-state index contributed by atoms with van der Waals surface area (Å²) in [5, 5.41) is 17.0. The van der Waals surface area contributed by atoms with E-state index >= 15 is 0 Å². The molecule has 0 saturated carbocycles. The van der Waals surface area contributed by atoms with Crippen LogP contribution in [0.15, 0.2) is 48.5 Å². The third-order valence-corrected chi connectivity index (χ3v) is 4.59. The van der Waals surface area contributed by atoms with Gasteiger partial charge < -0.3 is 10.6 Å². The first-order valence-corrected chi connectivity index (χ1v) is 9.61. The van der Waals surface area contributed by atoms with Gasteiger partial charge in [0.1, 0.15) is 17.7 Å². The lowest BCUT2D eigenvalue weighted by molar-refractivity contribution is -0.124. The van der Waals surface area contributed by atoms with Gasteiger partial charge in [0.2, 0.25) is 5.91 Å². The Balaban J connectivity index is 1.70. The second-order valence-electron chi connectivity index (χ2n) is 6.79. The zero-order valence-corrected chi connectivity index (χ0v) is 16.8. The van der Waals surface area contributed by atoms with E-state index in [1.165, 1.54) is 16.8 Å². The van der Waals surface area contributed by atoms with E-state index in [0.717, 1.165) is 5.56 Å². The molecular weight excluding hydrogens is 387 g/mol. The molecular formula is C21H23FN6O2. The highest BCUT2D eigenvalue weighted by Crippen LogP contribution is 2.16. The zero-order chi connectivity index (χ0) is 21.5. The third-order valence-electron chi connectivity index (χ3n) is 4.59. The van der Waals surface area contributed by atoms with Crippen molar-refractivity contribution in [3.8, 4) is 0 Å². The van der Waals surface area contributed by atoms with Crippen LogP contribution in [0.2, 0.25) is 0 Å². The number of rotatable bonds is 8. The SMILES string of the molecule is CCNC(=O)c1ccc(CNC(=O)C(Cc2cccc(F)c2)n2nnnc2C)cc1. The number of tetrazole rings is 1. The maximum Gasteiger partial charge on any atom is 0.251 e. The number of aromatic nitrogens is 4. The van der Waals surface area contributed by atoms with Crippen molar-refractivity contribution in [1.29, 1.82) is 0 Å². The Morgan fingerprint density at radius 3 is 2.50 bits per heavy atom. The number of benzene rings is 2. The Kier molecular flexibility index (Phi) is 6.84. The molecule has 3 aromatic rings. The van der Waals surface area contributed by atoms with E-state index in [2.05, 4.69) is 26.2 Å². The largest absolute Gasteiger partial charge is 0.352 e. The molecule has 1 unspecified atom stereocenters. The molecule has 0 bridgehead atoms. The summed E-state index contributed by atoms with van der Waals surface area (Å²) in [6, 6.07) is 12.4. The molecule has 0 aliphatic rings. The van der Waals surface area contributed by atoms with Crippen molar-refractivity contribution in [2.45, 2.75) is 32.9 Å². The number of aryl methyl sites for hydroxylation is 1. The minimum Gasteiger partial charge on any atom is -0.352 e. The average molecular weight is 410 g/mol. The summed E-state index contributed by atoms with van der Waals surface area (Å²) in [5.41, 5.74) is 2.06. The topological polar surface area (TPSA) is 102 Å². The van der Waals surface area contributed by atoms with Crippen LogP contribution >= 0.6 is 0 Å². The van der Waals surface area contributed by atoms with Crippen LogP contribution in [0, 0.1) is 12.7 Å². The highest BCUT2D eigenvalue weighted by atomic mass is 19.1. The van der Waals surface area contributed by atoms with Gasteiger partial charge in [-0.05, 0) is 59.7 Å². The fourth-order valence-electron chi connectivity index (χ4n) is 3.05. The fraction of sp³-hybridized carbons (Fsp3) is 0.286. The van der Waals surface area contributed by atoms with Gasteiger partial charge in [-0.25, -0.2) is 9.07 Å². The lowest BCUT2D eigenvalue weighted by Crippen LogP contribution is -2.34. The highest BCUT2D eigenvalue weighted by Gasteiger charge is 2.24. The summed E-state index contributed by atoms with van der Waals surface area (Å²) in [6.45, 7) is 4.38. The van der Waals surface area contributed by atoms with Crippen molar-refractivity contribution in [2.75, 3.05) is 6.54 Å². The summed E-state index contributed by atoms with van der Waals surface area (Å²) >= 11 is 0. The van der Waals surface area contributed by atoms with E-state index in [-0.39, 0.29) is 30.6 Å². The van der Waals surface area contributed by atoms with Crippen LogP contribution in [-0.4, -0.2) is 38.6 Å². The molecule has 30 heavy (non-hydrogen) atoms. The molecule has 1 aromatic heterocycles. The van der Waals surface area contributed by atoms with Gasteiger partial charge in [0.25, 0.3) is 5.91 Å². The summed E-state index contributed by atoms with van der Waals surface area (Å²) < 4.78 is 15.0. The molecule has 0 spiro atoms. The highest BCUT2D eigenvalue weighted by molar-refractivity contribution is 5.94. The molecule has 3 rings (SSSR count). The molecule has 9 heteroatoms. The lowest BCUT2D eigenvalue weighted by Gasteiger charge is -2.18. The summed E-state index contributed by atoms with van der Waals surface area (Å²) in [7, 11) is 0. The van der Waals surface area contributed by atoms with E-state index < -0.39 is 6.04 Å². The van der Waals surface area contributed by atoms with Crippen LogP contribution in [0.1, 0.15) is 40.3 Å². The Morgan fingerprint density at radius 1 is 1.10 bits per heavy atom. The van der Waals surface area contributed by atoms with Crippen molar-refractivity contribution < 1.29 is 14.0 Å². The van der Waals surface area contributed by atoms with E-state index in [1.807, 2.05) is 6.92 Å². The number of carbonyl (C=O) groups is 2. The van der Waals surface area contributed by atoms with E-state index in [9.17, 15) is 14.0 Å². The number of halogens is 1. The monoisotopic (exact) mass is 410 g/mol. The first kappa shape index (κ1) is 21.1. The smallest absolute Gasteiger partial charge is 0.251 e. The van der Waals surface area contributed by atoms with Crippen molar-refractivity contribution in [1.82, 2.24) is 30.8 Å². The number of nitrogens with one attached hydrogen (secondary N) is 2. The number of nitrogens with zero attached hydrogens (tertiary/aromatic N) is 4. The van der Waals surface area contributed by atoms with Gasteiger partial charge >= 0.3 is 0 Å². The third kappa shape index (κ3) is 5.25. The first-order valence-electron chi connectivity index (χ1n) is 9.61. The van der Waals surface area contributed by atoms with Gasteiger partial charge in [-0.2, -0.15) is 0 Å². The van der Waals surface area contributed by atoms with E-state index in [4.69, 9.17) is 0 Å². The number of carbonyl (C=O) groups excluding carboxylic acids is 2.